The van der Waals surface area contributed by atoms with E-state index < -0.39 is 0 Å². The number of carbonyl (C=O) groups is 1. The molecular weight excluding hydrogens is 344 g/mol. The number of ketones is 1. The van der Waals surface area contributed by atoms with Crippen LogP contribution in [0.3, 0.4) is 0 Å². The minimum Gasteiger partial charge on any atom is -0.493 e. The first-order valence-electron chi connectivity index (χ1n) is 8.92. The van der Waals surface area contributed by atoms with Crippen molar-refractivity contribution in [1.82, 2.24) is 9.55 Å². The zero-order valence-electron chi connectivity index (χ0n) is 15.4. The Morgan fingerprint density at radius 1 is 1.19 bits per heavy atom. The molecule has 3 rings (SSSR count). The summed E-state index contributed by atoms with van der Waals surface area (Å²) in [5.41, 5.74) is 3.21. The number of nitrogens with zero attached hydrogens (tertiary/aromatic N) is 2. The van der Waals surface area contributed by atoms with Gasteiger partial charge in [0.2, 0.25) is 0 Å². The molecule has 0 saturated heterocycles. The lowest BCUT2D eigenvalue weighted by Gasteiger charge is -2.14. The molecule has 0 fully saturated rings. The Balaban J connectivity index is 1.68. The molecule has 0 spiro atoms. The molecule has 26 heavy (non-hydrogen) atoms. The van der Waals surface area contributed by atoms with Crippen LogP contribution in [0.25, 0.3) is 11.0 Å². The summed E-state index contributed by atoms with van der Waals surface area (Å²) in [6.45, 7) is 6.28. The van der Waals surface area contributed by atoms with E-state index in [1.54, 1.807) is 18.7 Å². The van der Waals surface area contributed by atoms with Gasteiger partial charge in [0.1, 0.15) is 5.75 Å². The minimum absolute atomic E-state index is 0.127. The monoisotopic (exact) mass is 368 g/mol. The summed E-state index contributed by atoms with van der Waals surface area (Å²) >= 11 is 1.62. The molecule has 0 radical (unpaired) electrons. The van der Waals surface area contributed by atoms with Crippen molar-refractivity contribution < 1.29 is 9.53 Å². The van der Waals surface area contributed by atoms with Crippen LogP contribution in [0, 0.1) is 0 Å². The fourth-order valence-corrected chi connectivity index (χ4v) is 3.70. The van der Waals surface area contributed by atoms with Crippen LogP contribution in [0.15, 0.2) is 53.7 Å². The van der Waals surface area contributed by atoms with Gasteiger partial charge in [0.15, 0.2) is 10.9 Å². The first-order chi connectivity index (χ1) is 12.6. The highest BCUT2D eigenvalue weighted by Gasteiger charge is 2.18. The van der Waals surface area contributed by atoms with Gasteiger partial charge in [0.25, 0.3) is 0 Å². The normalized spacial score (nSPS) is 12.3. The highest BCUT2D eigenvalue weighted by atomic mass is 32.2. The molecule has 1 atom stereocenters. The first kappa shape index (κ1) is 18.5. The molecule has 1 aromatic heterocycles. The molecule has 0 aliphatic rings. The van der Waals surface area contributed by atoms with Crippen molar-refractivity contribution in [2.75, 3.05) is 12.4 Å². The second-order valence-corrected chi connectivity index (χ2v) is 7.30. The fourth-order valence-electron chi connectivity index (χ4n) is 2.79. The van der Waals surface area contributed by atoms with E-state index in [4.69, 9.17) is 9.72 Å². The van der Waals surface area contributed by atoms with Crippen molar-refractivity contribution >= 4 is 28.6 Å². The Labute approximate surface area is 158 Å². The third kappa shape index (κ3) is 4.10. The Hall–Kier alpha value is -2.27. The third-order valence-corrected chi connectivity index (χ3v) is 5.37. The number of fused-ring (bicyclic) bond motifs is 1. The molecule has 2 aromatic carbocycles. The quantitative estimate of drug-likeness (QED) is 0.418. The summed E-state index contributed by atoms with van der Waals surface area (Å²) in [6.07, 6.45) is 1.03. The summed E-state index contributed by atoms with van der Waals surface area (Å²) in [4.78, 5) is 16.6. The maximum Gasteiger partial charge on any atom is 0.169 e. The van der Waals surface area contributed by atoms with Gasteiger partial charge in [-0.1, -0.05) is 43.0 Å². The van der Waals surface area contributed by atoms with Gasteiger partial charge in [-0.05, 0) is 50.1 Å². The zero-order chi connectivity index (χ0) is 18.5. The Morgan fingerprint density at radius 2 is 1.92 bits per heavy atom. The summed E-state index contributed by atoms with van der Waals surface area (Å²) < 4.78 is 7.85. The second kappa shape index (κ2) is 8.41. The summed E-state index contributed by atoms with van der Waals surface area (Å²) in [7, 11) is 0. The maximum atomic E-state index is 11.9. The SMILES string of the molecule is CCc1ccc(OCCSc2nc3ccccc3n2[C@H](C)C(C)=O)cc1. The number of imidazole rings is 1. The summed E-state index contributed by atoms with van der Waals surface area (Å²) in [6, 6.07) is 15.9. The molecular formula is C21H24N2O2S. The Kier molecular flexibility index (Phi) is 5.99. The van der Waals surface area contributed by atoms with Crippen LogP contribution in [0.5, 0.6) is 5.75 Å². The smallest absolute Gasteiger partial charge is 0.169 e. The lowest BCUT2D eigenvalue weighted by molar-refractivity contribution is -0.119. The molecule has 0 amide bonds. The topological polar surface area (TPSA) is 44.1 Å². The molecule has 0 N–H and O–H groups in total. The van der Waals surface area contributed by atoms with E-state index in [0.29, 0.717) is 6.61 Å². The van der Waals surface area contributed by atoms with E-state index in [9.17, 15) is 4.79 Å². The van der Waals surface area contributed by atoms with Gasteiger partial charge >= 0.3 is 0 Å². The molecule has 0 bridgehead atoms. The number of aryl methyl sites for hydroxylation is 1. The van der Waals surface area contributed by atoms with E-state index in [0.717, 1.165) is 34.1 Å². The van der Waals surface area contributed by atoms with Crippen LogP contribution < -0.4 is 4.74 Å². The van der Waals surface area contributed by atoms with Crippen LogP contribution in [-0.4, -0.2) is 27.7 Å². The lowest BCUT2D eigenvalue weighted by atomic mass is 10.2. The highest BCUT2D eigenvalue weighted by Crippen LogP contribution is 2.28. The number of ether oxygens (including phenoxy) is 1. The summed E-state index contributed by atoms with van der Waals surface area (Å²) in [5, 5.41) is 0.860. The van der Waals surface area contributed by atoms with Gasteiger partial charge in [-0.2, -0.15) is 0 Å². The first-order valence-corrected chi connectivity index (χ1v) is 9.90. The average Bonchev–Trinajstić information content (AvgIpc) is 3.03. The van der Waals surface area contributed by atoms with Crippen LogP contribution in [0.2, 0.25) is 0 Å². The van der Waals surface area contributed by atoms with Crippen LogP contribution >= 0.6 is 11.8 Å². The highest BCUT2D eigenvalue weighted by molar-refractivity contribution is 7.99. The van der Waals surface area contributed by atoms with Gasteiger partial charge in [-0.3, -0.25) is 4.79 Å². The molecule has 3 aromatic rings. The van der Waals surface area contributed by atoms with Crippen LogP contribution in [0.4, 0.5) is 0 Å². The Bertz CT molecular complexity index is 887. The molecule has 0 aliphatic carbocycles. The van der Waals surface area contributed by atoms with E-state index >= 15 is 0 Å². The number of aromatic nitrogens is 2. The van der Waals surface area contributed by atoms with Gasteiger partial charge in [-0.15, -0.1) is 0 Å². The predicted octanol–water partition coefficient (Wildman–Crippen LogP) is 4.92. The molecule has 0 unspecified atom stereocenters. The maximum absolute atomic E-state index is 11.9. The molecule has 0 aliphatic heterocycles. The largest absolute Gasteiger partial charge is 0.493 e. The fraction of sp³-hybridized carbons (Fsp3) is 0.333. The average molecular weight is 369 g/mol. The van der Waals surface area contributed by atoms with E-state index in [2.05, 4.69) is 19.1 Å². The number of para-hydroxylation sites is 2. The van der Waals surface area contributed by atoms with Crippen molar-refractivity contribution in [3.63, 3.8) is 0 Å². The van der Waals surface area contributed by atoms with E-state index in [1.807, 2.05) is 47.9 Å². The second-order valence-electron chi connectivity index (χ2n) is 6.23. The van der Waals surface area contributed by atoms with Gasteiger partial charge in [-0.25, -0.2) is 4.98 Å². The van der Waals surface area contributed by atoms with Crippen LogP contribution in [-0.2, 0) is 11.2 Å². The van der Waals surface area contributed by atoms with Crippen molar-refractivity contribution in [1.29, 1.82) is 0 Å². The van der Waals surface area contributed by atoms with Crippen molar-refractivity contribution in [3.05, 3.63) is 54.1 Å². The number of thioether (sulfide) groups is 1. The number of carbonyl (C=O) groups excluding carboxylic acids is 1. The van der Waals surface area contributed by atoms with Gasteiger partial charge in [0, 0.05) is 5.75 Å². The number of Topliss-reactive ketones (excluding diaryl/α,β-unsaturated/α-hetero) is 1. The number of hydrogen-bond donors (Lipinski definition) is 0. The molecule has 1 heterocycles. The molecule has 5 heteroatoms. The van der Waals surface area contributed by atoms with E-state index in [1.165, 1.54) is 5.56 Å². The van der Waals surface area contributed by atoms with Gasteiger partial charge in [0.05, 0.1) is 23.7 Å². The predicted molar refractivity (Wildman–Crippen MR) is 107 cm³/mol. The molecule has 136 valence electrons. The molecule has 4 nitrogen and oxygen atoms in total. The van der Waals surface area contributed by atoms with Crippen molar-refractivity contribution in [2.24, 2.45) is 0 Å². The van der Waals surface area contributed by atoms with Crippen molar-refractivity contribution in [3.8, 4) is 5.75 Å². The standard InChI is InChI=1S/C21H24N2O2S/c1-4-17-9-11-18(12-10-17)25-13-14-26-21-22-19-7-5-6-8-20(19)23(21)15(2)16(3)24/h5-12,15H,4,13-14H2,1-3H3/t15-/m1/s1. The van der Waals surface area contributed by atoms with E-state index in [-0.39, 0.29) is 11.8 Å². The van der Waals surface area contributed by atoms with Crippen LogP contribution in [0.1, 0.15) is 32.4 Å². The molecule has 0 saturated carbocycles. The van der Waals surface area contributed by atoms with Crippen molar-refractivity contribution in [2.45, 2.75) is 38.4 Å². The number of hydrogen-bond acceptors (Lipinski definition) is 4. The third-order valence-electron chi connectivity index (χ3n) is 4.45. The zero-order valence-corrected chi connectivity index (χ0v) is 16.3. The lowest BCUT2D eigenvalue weighted by Crippen LogP contribution is -2.14. The minimum atomic E-state index is -0.229. The summed E-state index contributed by atoms with van der Waals surface area (Å²) in [5.74, 6) is 1.78. The Morgan fingerprint density at radius 3 is 2.62 bits per heavy atom. The van der Waals surface area contributed by atoms with Gasteiger partial charge < -0.3 is 9.30 Å². The number of rotatable bonds is 8. The number of benzene rings is 2.